The van der Waals surface area contributed by atoms with E-state index in [1.807, 2.05) is 7.05 Å². The maximum atomic E-state index is 12.7. The molecule has 21 heavy (non-hydrogen) atoms. The Balaban J connectivity index is 2.23. The summed E-state index contributed by atoms with van der Waals surface area (Å²) in [5.41, 5.74) is 0. The van der Waals surface area contributed by atoms with Gasteiger partial charge in [-0.25, -0.2) is 8.42 Å². The second-order valence-corrected chi connectivity index (χ2v) is 7.57. The zero-order valence-corrected chi connectivity index (χ0v) is 13.9. The molecule has 0 spiro atoms. The molecule has 1 aromatic carbocycles. The Kier molecular flexibility index (Phi) is 5.48. The van der Waals surface area contributed by atoms with E-state index >= 15 is 0 Å². The fourth-order valence-corrected chi connectivity index (χ4v) is 4.56. The molecule has 0 saturated carbocycles. The van der Waals surface area contributed by atoms with Gasteiger partial charge in [-0.05, 0) is 50.6 Å². The molecule has 0 amide bonds. The summed E-state index contributed by atoms with van der Waals surface area (Å²) in [5.74, 6) is 0.828. The molecule has 7 heteroatoms. The van der Waals surface area contributed by atoms with Gasteiger partial charge in [0.25, 0.3) is 0 Å². The summed E-state index contributed by atoms with van der Waals surface area (Å²) in [6, 6.07) is 4.59. The van der Waals surface area contributed by atoms with Crippen molar-refractivity contribution in [1.29, 1.82) is 0 Å². The quantitative estimate of drug-likeness (QED) is 0.895. The SMILES string of the molecule is CNCC1CCCN(S(=O)(=O)c2ccc(OC)c(Cl)c2)C1. The van der Waals surface area contributed by atoms with Crippen molar-refractivity contribution in [3.05, 3.63) is 23.2 Å². The number of methoxy groups -OCH3 is 1. The monoisotopic (exact) mass is 332 g/mol. The molecule has 1 N–H and O–H groups in total. The molecular formula is C14H21ClN2O3S. The van der Waals surface area contributed by atoms with Crippen LogP contribution in [0.25, 0.3) is 0 Å². The van der Waals surface area contributed by atoms with Gasteiger partial charge in [0.05, 0.1) is 17.0 Å². The number of sulfonamides is 1. The number of nitrogens with zero attached hydrogens (tertiary/aromatic N) is 1. The number of benzene rings is 1. The average Bonchev–Trinajstić information content (AvgIpc) is 2.48. The Labute approximate surface area is 131 Å². The molecule has 1 aromatic rings. The first-order chi connectivity index (χ1) is 9.98. The summed E-state index contributed by atoms with van der Waals surface area (Å²) in [5, 5.41) is 3.42. The van der Waals surface area contributed by atoms with E-state index in [2.05, 4.69) is 5.32 Å². The van der Waals surface area contributed by atoms with Gasteiger partial charge in [-0.1, -0.05) is 11.6 Å². The molecule has 1 fully saturated rings. The lowest BCUT2D eigenvalue weighted by Crippen LogP contribution is -2.42. The van der Waals surface area contributed by atoms with Crippen LogP contribution in [0.5, 0.6) is 5.75 Å². The van der Waals surface area contributed by atoms with Crippen LogP contribution < -0.4 is 10.1 Å². The third-order valence-electron chi connectivity index (χ3n) is 3.74. The molecule has 1 unspecified atom stereocenters. The summed E-state index contributed by atoms with van der Waals surface area (Å²) in [6.45, 7) is 1.94. The molecule has 5 nitrogen and oxygen atoms in total. The Hall–Kier alpha value is -0.820. The first-order valence-corrected chi connectivity index (χ1v) is 8.79. The Bertz CT molecular complexity index is 590. The molecule has 0 radical (unpaired) electrons. The van der Waals surface area contributed by atoms with Gasteiger partial charge >= 0.3 is 0 Å². The second kappa shape index (κ2) is 6.96. The maximum Gasteiger partial charge on any atom is 0.243 e. The van der Waals surface area contributed by atoms with Crippen LogP contribution in [0.3, 0.4) is 0 Å². The summed E-state index contributed by atoms with van der Waals surface area (Å²) in [6.07, 6.45) is 1.94. The van der Waals surface area contributed by atoms with E-state index in [4.69, 9.17) is 16.3 Å². The van der Waals surface area contributed by atoms with E-state index in [0.29, 0.717) is 29.8 Å². The van der Waals surface area contributed by atoms with Crippen LogP contribution >= 0.6 is 11.6 Å². The topological polar surface area (TPSA) is 58.6 Å². The van der Waals surface area contributed by atoms with Crippen LogP contribution in [0.2, 0.25) is 5.02 Å². The summed E-state index contributed by atoms with van der Waals surface area (Å²) < 4.78 is 32.0. The van der Waals surface area contributed by atoms with Crippen LogP contribution in [-0.4, -0.2) is 46.5 Å². The molecule has 1 aliphatic rings. The fourth-order valence-electron chi connectivity index (χ4n) is 2.66. The summed E-state index contributed by atoms with van der Waals surface area (Å²) in [7, 11) is -0.107. The van der Waals surface area contributed by atoms with Gasteiger partial charge in [-0.2, -0.15) is 4.31 Å². The van der Waals surface area contributed by atoms with E-state index in [1.165, 1.54) is 13.2 Å². The Morgan fingerprint density at radius 2 is 2.24 bits per heavy atom. The molecule has 2 rings (SSSR count). The first kappa shape index (κ1) is 16.5. The van der Waals surface area contributed by atoms with E-state index in [1.54, 1.807) is 16.4 Å². The number of piperidine rings is 1. The normalized spacial score (nSPS) is 20.4. The van der Waals surface area contributed by atoms with Crippen LogP contribution in [-0.2, 0) is 10.0 Å². The highest BCUT2D eigenvalue weighted by Gasteiger charge is 2.30. The molecular weight excluding hydrogens is 312 g/mol. The van der Waals surface area contributed by atoms with Crippen LogP contribution in [0.15, 0.2) is 23.1 Å². The molecule has 1 heterocycles. The second-order valence-electron chi connectivity index (χ2n) is 5.23. The molecule has 0 aromatic heterocycles. The lowest BCUT2D eigenvalue weighted by atomic mass is 10.00. The minimum Gasteiger partial charge on any atom is -0.495 e. The zero-order chi connectivity index (χ0) is 15.5. The van der Waals surface area contributed by atoms with Crippen molar-refractivity contribution in [3.63, 3.8) is 0 Å². The third kappa shape index (κ3) is 3.69. The van der Waals surface area contributed by atoms with Crippen molar-refractivity contribution < 1.29 is 13.2 Å². The number of halogens is 1. The van der Waals surface area contributed by atoms with E-state index in [9.17, 15) is 8.42 Å². The molecule has 0 bridgehead atoms. The fraction of sp³-hybridized carbons (Fsp3) is 0.571. The Morgan fingerprint density at radius 1 is 1.48 bits per heavy atom. The molecule has 1 atom stereocenters. The largest absolute Gasteiger partial charge is 0.495 e. The molecule has 118 valence electrons. The van der Waals surface area contributed by atoms with Gasteiger partial charge in [0, 0.05) is 13.1 Å². The van der Waals surface area contributed by atoms with E-state index < -0.39 is 10.0 Å². The standard InChI is InChI=1S/C14H21ClN2O3S/c1-16-9-11-4-3-7-17(10-11)21(18,19)12-5-6-14(20-2)13(15)8-12/h5-6,8,11,16H,3-4,7,9-10H2,1-2H3. The van der Waals surface area contributed by atoms with Gasteiger partial charge in [0.15, 0.2) is 0 Å². The zero-order valence-electron chi connectivity index (χ0n) is 12.3. The summed E-state index contributed by atoms with van der Waals surface area (Å²) in [4.78, 5) is 0.221. The molecule has 1 saturated heterocycles. The highest BCUT2D eigenvalue weighted by Crippen LogP contribution is 2.30. The van der Waals surface area contributed by atoms with E-state index in [-0.39, 0.29) is 4.90 Å². The lowest BCUT2D eigenvalue weighted by molar-refractivity contribution is 0.263. The Morgan fingerprint density at radius 3 is 2.86 bits per heavy atom. The lowest BCUT2D eigenvalue weighted by Gasteiger charge is -2.31. The highest BCUT2D eigenvalue weighted by molar-refractivity contribution is 7.89. The van der Waals surface area contributed by atoms with Crippen LogP contribution in [0.1, 0.15) is 12.8 Å². The van der Waals surface area contributed by atoms with Gasteiger partial charge in [0.1, 0.15) is 5.75 Å². The first-order valence-electron chi connectivity index (χ1n) is 6.97. The van der Waals surface area contributed by atoms with Crippen molar-refractivity contribution in [2.45, 2.75) is 17.7 Å². The van der Waals surface area contributed by atoms with Crippen molar-refractivity contribution in [1.82, 2.24) is 9.62 Å². The van der Waals surface area contributed by atoms with Crippen molar-refractivity contribution in [2.24, 2.45) is 5.92 Å². The predicted octanol–water partition coefficient (Wildman–Crippen LogP) is 1.97. The summed E-state index contributed by atoms with van der Waals surface area (Å²) >= 11 is 6.03. The third-order valence-corrected chi connectivity index (χ3v) is 5.89. The maximum absolute atomic E-state index is 12.7. The van der Waals surface area contributed by atoms with E-state index in [0.717, 1.165) is 19.4 Å². The van der Waals surface area contributed by atoms with Gasteiger partial charge in [-0.15, -0.1) is 0 Å². The average molecular weight is 333 g/mol. The highest BCUT2D eigenvalue weighted by atomic mass is 35.5. The smallest absolute Gasteiger partial charge is 0.243 e. The minimum absolute atomic E-state index is 0.221. The van der Waals surface area contributed by atoms with Crippen molar-refractivity contribution in [2.75, 3.05) is 33.8 Å². The van der Waals surface area contributed by atoms with Gasteiger partial charge in [0.2, 0.25) is 10.0 Å². The van der Waals surface area contributed by atoms with Crippen molar-refractivity contribution in [3.8, 4) is 5.75 Å². The number of hydrogen-bond donors (Lipinski definition) is 1. The number of rotatable bonds is 5. The van der Waals surface area contributed by atoms with Gasteiger partial charge < -0.3 is 10.1 Å². The van der Waals surface area contributed by atoms with Crippen LogP contribution in [0, 0.1) is 5.92 Å². The van der Waals surface area contributed by atoms with Crippen LogP contribution in [0.4, 0.5) is 0 Å². The minimum atomic E-state index is -3.50. The molecule has 0 aliphatic carbocycles. The molecule has 1 aliphatic heterocycles. The van der Waals surface area contributed by atoms with Gasteiger partial charge in [-0.3, -0.25) is 0 Å². The number of hydrogen-bond acceptors (Lipinski definition) is 4. The predicted molar refractivity (Wildman–Crippen MR) is 83.4 cm³/mol. The van der Waals surface area contributed by atoms with Crippen molar-refractivity contribution >= 4 is 21.6 Å². The number of nitrogens with one attached hydrogen (secondary N) is 1. The number of ether oxygens (including phenoxy) is 1.